The fourth-order valence-corrected chi connectivity index (χ4v) is 3.25. The van der Waals surface area contributed by atoms with Crippen molar-refractivity contribution < 1.29 is 13.9 Å². The molecule has 1 saturated carbocycles. The Labute approximate surface area is 212 Å². The van der Waals surface area contributed by atoms with Gasteiger partial charge in [-0.05, 0) is 74.9 Å². The number of guanidine groups is 1. The zero-order valence-corrected chi connectivity index (χ0v) is 21.8. The van der Waals surface area contributed by atoms with E-state index in [0.717, 1.165) is 11.1 Å². The topological polar surface area (TPSA) is 74.8 Å². The van der Waals surface area contributed by atoms with Crippen LogP contribution in [-0.2, 0) is 6.54 Å². The number of carbonyl (C=O) groups is 1. The SMILES string of the molecule is CCNC(=O)c1cccc(CN=C(NCC)NC(C)c2ccc(OCC3CC3)c(F)c2)c1.I. The van der Waals surface area contributed by atoms with Gasteiger partial charge in [-0.15, -0.1) is 24.0 Å². The second kappa shape index (κ2) is 13.4. The van der Waals surface area contributed by atoms with E-state index < -0.39 is 0 Å². The number of halogens is 2. The summed E-state index contributed by atoms with van der Waals surface area (Å²) in [6.45, 7) is 8.12. The maximum Gasteiger partial charge on any atom is 0.251 e. The minimum atomic E-state index is -0.346. The van der Waals surface area contributed by atoms with Crippen LogP contribution in [0.25, 0.3) is 0 Å². The molecule has 1 atom stereocenters. The second-order valence-corrected chi connectivity index (χ2v) is 8.07. The fourth-order valence-electron chi connectivity index (χ4n) is 3.25. The molecule has 2 aromatic carbocycles. The van der Waals surface area contributed by atoms with Gasteiger partial charge in [0.25, 0.3) is 5.91 Å². The molecule has 2 aromatic rings. The van der Waals surface area contributed by atoms with Crippen molar-refractivity contribution in [2.75, 3.05) is 19.7 Å². The Morgan fingerprint density at radius 3 is 2.58 bits per heavy atom. The lowest BCUT2D eigenvalue weighted by atomic mass is 10.1. The maximum atomic E-state index is 14.5. The standard InChI is InChI=1S/C25H33FN4O2.HI/c1-4-27-24(31)21-8-6-7-19(13-21)15-29-25(28-5-2)30-17(3)20-11-12-23(22(26)14-20)32-16-18-9-10-18;/h6-8,11-14,17-18H,4-5,9-10,15-16H2,1-3H3,(H,27,31)(H2,28,29,30);1H. The lowest BCUT2D eigenvalue weighted by molar-refractivity contribution is 0.0955. The van der Waals surface area contributed by atoms with Crippen LogP contribution in [0.1, 0.15) is 61.1 Å². The first kappa shape index (κ1) is 26.9. The first-order valence-corrected chi connectivity index (χ1v) is 11.3. The van der Waals surface area contributed by atoms with Gasteiger partial charge in [0.15, 0.2) is 17.5 Å². The third kappa shape index (κ3) is 8.49. The van der Waals surface area contributed by atoms with Gasteiger partial charge in [-0.25, -0.2) is 9.38 Å². The lowest BCUT2D eigenvalue weighted by Crippen LogP contribution is -2.38. The Hall–Kier alpha value is -2.36. The van der Waals surface area contributed by atoms with E-state index in [-0.39, 0.29) is 41.7 Å². The summed E-state index contributed by atoms with van der Waals surface area (Å²) < 4.78 is 20.0. The number of ether oxygens (including phenoxy) is 1. The molecule has 0 radical (unpaired) electrons. The van der Waals surface area contributed by atoms with E-state index in [4.69, 9.17) is 4.74 Å². The Bertz CT molecular complexity index is 950. The van der Waals surface area contributed by atoms with Gasteiger partial charge in [0, 0.05) is 18.7 Å². The van der Waals surface area contributed by atoms with Crippen molar-refractivity contribution in [1.82, 2.24) is 16.0 Å². The van der Waals surface area contributed by atoms with Crippen molar-refractivity contribution in [3.63, 3.8) is 0 Å². The molecule has 33 heavy (non-hydrogen) atoms. The van der Waals surface area contributed by atoms with Crippen LogP contribution in [0.5, 0.6) is 5.75 Å². The molecule has 1 aliphatic carbocycles. The van der Waals surface area contributed by atoms with Gasteiger partial charge in [0.2, 0.25) is 0 Å². The summed E-state index contributed by atoms with van der Waals surface area (Å²) in [6.07, 6.45) is 2.34. The van der Waals surface area contributed by atoms with Crippen LogP contribution in [0.3, 0.4) is 0 Å². The minimum Gasteiger partial charge on any atom is -0.490 e. The zero-order chi connectivity index (χ0) is 22.9. The molecule has 0 spiro atoms. The Kier molecular flexibility index (Phi) is 10.9. The van der Waals surface area contributed by atoms with Crippen molar-refractivity contribution in [3.05, 3.63) is 65.0 Å². The molecule has 0 aliphatic heterocycles. The average molecular weight is 568 g/mol. The predicted molar refractivity (Wildman–Crippen MR) is 141 cm³/mol. The number of hydrogen-bond acceptors (Lipinski definition) is 3. The molecule has 8 heteroatoms. The van der Waals surface area contributed by atoms with Crippen LogP contribution in [0, 0.1) is 11.7 Å². The van der Waals surface area contributed by atoms with E-state index in [9.17, 15) is 9.18 Å². The Balaban J connectivity index is 0.00000385. The molecule has 6 nitrogen and oxygen atoms in total. The summed E-state index contributed by atoms with van der Waals surface area (Å²) >= 11 is 0. The Morgan fingerprint density at radius 1 is 1.15 bits per heavy atom. The minimum absolute atomic E-state index is 0. The highest BCUT2D eigenvalue weighted by atomic mass is 127. The van der Waals surface area contributed by atoms with Gasteiger partial charge < -0.3 is 20.7 Å². The van der Waals surface area contributed by atoms with E-state index >= 15 is 0 Å². The molecule has 3 N–H and O–H groups in total. The summed E-state index contributed by atoms with van der Waals surface area (Å²) in [5.41, 5.74) is 2.36. The highest BCUT2D eigenvalue weighted by Crippen LogP contribution is 2.30. The molecule has 1 amide bonds. The van der Waals surface area contributed by atoms with E-state index in [0.29, 0.717) is 49.4 Å². The largest absolute Gasteiger partial charge is 0.490 e. The van der Waals surface area contributed by atoms with Crippen LogP contribution >= 0.6 is 24.0 Å². The van der Waals surface area contributed by atoms with Gasteiger partial charge >= 0.3 is 0 Å². The van der Waals surface area contributed by atoms with Gasteiger partial charge in [-0.1, -0.05) is 18.2 Å². The van der Waals surface area contributed by atoms with E-state index in [1.807, 2.05) is 45.0 Å². The van der Waals surface area contributed by atoms with E-state index in [2.05, 4.69) is 20.9 Å². The summed E-state index contributed by atoms with van der Waals surface area (Å²) in [4.78, 5) is 16.7. The predicted octanol–water partition coefficient (Wildman–Crippen LogP) is 4.80. The van der Waals surface area contributed by atoms with E-state index in [1.165, 1.54) is 18.9 Å². The molecule has 1 fully saturated rings. The number of carbonyl (C=O) groups excluding carboxylic acids is 1. The molecular weight excluding hydrogens is 534 g/mol. The second-order valence-electron chi connectivity index (χ2n) is 8.07. The molecule has 1 unspecified atom stereocenters. The molecule has 1 aliphatic rings. The first-order chi connectivity index (χ1) is 15.5. The van der Waals surface area contributed by atoms with Gasteiger partial charge in [0.1, 0.15) is 0 Å². The molecule has 180 valence electrons. The summed E-state index contributed by atoms with van der Waals surface area (Å²) in [5, 5.41) is 9.34. The molecule has 0 saturated heterocycles. The van der Waals surface area contributed by atoms with Crippen molar-refractivity contribution in [3.8, 4) is 5.75 Å². The summed E-state index contributed by atoms with van der Waals surface area (Å²) in [7, 11) is 0. The average Bonchev–Trinajstić information content (AvgIpc) is 3.61. The molecule has 0 bridgehead atoms. The Morgan fingerprint density at radius 2 is 1.91 bits per heavy atom. The van der Waals surface area contributed by atoms with Crippen molar-refractivity contribution in [2.24, 2.45) is 10.9 Å². The first-order valence-electron chi connectivity index (χ1n) is 11.3. The number of hydrogen-bond donors (Lipinski definition) is 3. The lowest BCUT2D eigenvalue weighted by Gasteiger charge is -2.19. The highest BCUT2D eigenvalue weighted by Gasteiger charge is 2.22. The van der Waals surface area contributed by atoms with Gasteiger partial charge in [-0.2, -0.15) is 0 Å². The highest BCUT2D eigenvalue weighted by molar-refractivity contribution is 14.0. The third-order valence-corrected chi connectivity index (χ3v) is 5.27. The monoisotopic (exact) mass is 568 g/mol. The van der Waals surface area contributed by atoms with Crippen LogP contribution in [0.15, 0.2) is 47.5 Å². The zero-order valence-electron chi connectivity index (χ0n) is 19.5. The number of nitrogens with one attached hydrogen (secondary N) is 3. The van der Waals surface area contributed by atoms with Gasteiger partial charge in [-0.3, -0.25) is 4.79 Å². The van der Waals surface area contributed by atoms with Crippen molar-refractivity contribution in [1.29, 1.82) is 0 Å². The summed E-state index contributed by atoms with van der Waals surface area (Å²) in [5.74, 6) is 1.07. The van der Waals surface area contributed by atoms with Crippen molar-refractivity contribution in [2.45, 2.75) is 46.2 Å². The quantitative estimate of drug-likeness (QED) is 0.219. The number of aliphatic imine (C=N–C) groups is 1. The molecule has 3 rings (SSSR count). The molecular formula is C25H34FIN4O2. The fraction of sp³-hybridized carbons (Fsp3) is 0.440. The van der Waals surface area contributed by atoms with Crippen LogP contribution in [0.4, 0.5) is 4.39 Å². The van der Waals surface area contributed by atoms with Crippen LogP contribution in [0.2, 0.25) is 0 Å². The number of amides is 1. The normalized spacial score (nSPS) is 14.1. The van der Waals surface area contributed by atoms with E-state index in [1.54, 1.807) is 12.1 Å². The number of benzene rings is 2. The van der Waals surface area contributed by atoms with Crippen LogP contribution in [-0.4, -0.2) is 31.6 Å². The summed E-state index contributed by atoms with van der Waals surface area (Å²) in [6, 6.07) is 12.4. The smallest absolute Gasteiger partial charge is 0.251 e. The van der Waals surface area contributed by atoms with Crippen molar-refractivity contribution >= 4 is 35.8 Å². The van der Waals surface area contributed by atoms with Crippen LogP contribution < -0.4 is 20.7 Å². The van der Waals surface area contributed by atoms with Gasteiger partial charge in [0.05, 0.1) is 19.2 Å². The third-order valence-electron chi connectivity index (χ3n) is 5.27. The number of rotatable bonds is 10. The maximum absolute atomic E-state index is 14.5. The number of nitrogens with zero attached hydrogens (tertiary/aromatic N) is 1. The molecule has 0 heterocycles. The molecule has 0 aromatic heterocycles.